The lowest BCUT2D eigenvalue weighted by Gasteiger charge is -2.12. The highest BCUT2D eigenvalue weighted by Crippen LogP contribution is 2.41. The van der Waals surface area contributed by atoms with Gasteiger partial charge in [0.15, 0.2) is 0 Å². The molecule has 0 unspecified atom stereocenters. The van der Waals surface area contributed by atoms with E-state index in [2.05, 4.69) is 109 Å². The van der Waals surface area contributed by atoms with E-state index in [1.54, 1.807) is 0 Å². The van der Waals surface area contributed by atoms with Crippen molar-refractivity contribution in [2.45, 2.75) is 13.8 Å². The van der Waals surface area contributed by atoms with Crippen LogP contribution in [0.3, 0.4) is 0 Å². The maximum Gasteiger partial charge on any atom is 0.0620 e. The Morgan fingerprint density at radius 1 is 0.484 bits per heavy atom. The molecule has 0 radical (unpaired) electrons. The van der Waals surface area contributed by atoms with Gasteiger partial charge in [-0.3, -0.25) is 0 Å². The molecule has 0 aliphatic rings. The van der Waals surface area contributed by atoms with E-state index < -0.39 is 0 Å². The van der Waals surface area contributed by atoms with Gasteiger partial charge in [0.25, 0.3) is 0 Å². The average molecular weight is 396 g/mol. The molecule has 0 saturated carbocycles. The standard InChI is InChI=1S/C30H21N/c1-18-8-3-4-9-22(18)26-15-21-17-29-27(16-20(21)14-19(26)2)25-12-7-11-24-23-10-5-6-13-28(23)31(29)30(24)25/h3-17H,1-2H3. The zero-order valence-corrected chi connectivity index (χ0v) is 17.6. The predicted molar refractivity (Wildman–Crippen MR) is 134 cm³/mol. The second kappa shape index (κ2) is 5.86. The number of hydrogen-bond donors (Lipinski definition) is 0. The number of rotatable bonds is 1. The summed E-state index contributed by atoms with van der Waals surface area (Å²) in [6.45, 7) is 4.42. The molecule has 7 aromatic rings. The van der Waals surface area contributed by atoms with E-state index >= 15 is 0 Å². The molecule has 31 heavy (non-hydrogen) atoms. The summed E-state index contributed by atoms with van der Waals surface area (Å²) >= 11 is 0. The predicted octanol–water partition coefficient (Wildman–Crippen LogP) is 8.27. The normalized spacial score (nSPS) is 12.2. The second-order valence-electron chi connectivity index (χ2n) is 8.75. The Kier molecular flexibility index (Phi) is 3.20. The lowest BCUT2D eigenvalue weighted by molar-refractivity contribution is 1.37. The summed E-state index contributed by atoms with van der Waals surface area (Å²) in [5, 5.41) is 7.94. The van der Waals surface area contributed by atoms with Gasteiger partial charge < -0.3 is 4.40 Å². The van der Waals surface area contributed by atoms with Crippen molar-refractivity contribution in [3.05, 3.63) is 102 Å². The van der Waals surface area contributed by atoms with Crippen LogP contribution in [0.1, 0.15) is 11.1 Å². The zero-order valence-electron chi connectivity index (χ0n) is 17.6. The largest absolute Gasteiger partial charge is 0.308 e. The first kappa shape index (κ1) is 16.9. The van der Waals surface area contributed by atoms with Gasteiger partial charge in [0.1, 0.15) is 0 Å². The van der Waals surface area contributed by atoms with Gasteiger partial charge in [-0.2, -0.15) is 0 Å². The minimum Gasteiger partial charge on any atom is -0.308 e. The van der Waals surface area contributed by atoms with E-state index in [0.717, 1.165) is 0 Å². The topological polar surface area (TPSA) is 4.41 Å². The third-order valence-corrected chi connectivity index (χ3v) is 6.96. The summed E-state index contributed by atoms with van der Waals surface area (Å²) in [6, 6.07) is 33.6. The maximum atomic E-state index is 2.46. The second-order valence-corrected chi connectivity index (χ2v) is 8.75. The summed E-state index contributed by atoms with van der Waals surface area (Å²) in [5.74, 6) is 0. The molecule has 146 valence electrons. The van der Waals surface area contributed by atoms with E-state index in [9.17, 15) is 0 Å². The molecule has 0 amide bonds. The van der Waals surface area contributed by atoms with Gasteiger partial charge in [-0.05, 0) is 71.1 Å². The minimum atomic E-state index is 1.29. The minimum absolute atomic E-state index is 1.29. The highest BCUT2D eigenvalue weighted by molar-refractivity contribution is 6.24. The highest BCUT2D eigenvalue weighted by Gasteiger charge is 2.17. The van der Waals surface area contributed by atoms with Crippen LogP contribution in [0.25, 0.3) is 60.0 Å². The average Bonchev–Trinajstić information content (AvgIpc) is 3.29. The van der Waals surface area contributed by atoms with E-state index in [4.69, 9.17) is 0 Å². The Bertz CT molecular complexity index is 1800. The lowest BCUT2D eigenvalue weighted by Crippen LogP contribution is -1.88. The molecule has 0 N–H and O–H groups in total. The smallest absolute Gasteiger partial charge is 0.0620 e. The van der Waals surface area contributed by atoms with Gasteiger partial charge in [0, 0.05) is 21.5 Å². The third-order valence-electron chi connectivity index (χ3n) is 6.96. The molecule has 1 heteroatoms. The lowest BCUT2D eigenvalue weighted by atomic mass is 9.93. The number of aromatic nitrogens is 1. The number of nitrogens with zero attached hydrogens (tertiary/aromatic N) is 1. The van der Waals surface area contributed by atoms with Crippen LogP contribution in [0.15, 0.2) is 91.0 Å². The fourth-order valence-electron chi connectivity index (χ4n) is 5.50. The Morgan fingerprint density at radius 2 is 1.19 bits per heavy atom. The van der Waals surface area contributed by atoms with Crippen molar-refractivity contribution >= 4 is 48.9 Å². The Hall–Kier alpha value is -3.84. The molecule has 0 aliphatic carbocycles. The fourth-order valence-corrected chi connectivity index (χ4v) is 5.50. The van der Waals surface area contributed by atoms with Crippen LogP contribution in [-0.2, 0) is 0 Å². The molecule has 7 rings (SSSR count). The highest BCUT2D eigenvalue weighted by atomic mass is 14.9. The summed E-state index contributed by atoms with van der Waals surface area (Å²) < 4.78 is 2.46. The molecule has 0 aliphatic heterocycles. The van der Waals surface area contributed by atoms with Gasteiger partial charge in [-0.25, -0.2) is 0 Å². The van der Waals surface area contributed by atoms with Crippen LogP contribution in [0, 0.1) is 13.8 Å². The number of benzene rings is 5. The quantitative estimate of drug-likeness (QED) is 0.263. The molecule has 0 spiro atoms. The molecular formula is C30H21N. The monoisotopic (exact) mass is 395 g/mol. The van der Waals surface area contributed by atoms with Gasteiger partial charge in [0.2, 0.25) is 0 Å². The number of para-hydroxylation sites is 2. The van der Waals surface area contributed by atoms with Gasteiger partial charge in [0.05, 0.1) is 16.6 Å². The van der Waals surface area contributed by atoms with E-state index in [0.29, 0.717) is 0 Å². The maximum absolute atomic E-state index is 2.46. The zero-order chi connectivity index (χ0) is 20.7. The van der Waals surface area contributed by atoms with Gasteiger partial charge in [-0.1, -0.05) is 66.7 Å². The first-order chi connectivity index (χ1) is 15.2. The molecule has 1 nitrogen and oxygen atoms in total. The molecule has 2 aromatic heterocycles. The van der Waals surface area contributed by atoms with Crippen LogP contribution >= 0.6 is 0 Å². The van der Waals surface area contributed by atoms with E-state index in [-0.39, 0.29) is 0 Å². The molecule has 0 fully saturated rings. The molecule has 2 heterocycles. The number of aryl methyl sites for hydroxylation is 2. The first-order valence-corrected chi connectivity index (χ1v) is 10.9. The van der Waals surface area contributed by atoms with Crippen LogP contribution in [-0.4, -0.2) is 4.40 Å². The van der Waals surface area contributed by atoms with Crippen molar-refractivity contribution in [1.29, 1.82) is 0 Å². The molecule has 0 saturated heterocycles. The van der Waals surface area contributed by atoms with Gasteiger partial charge in [-0.15, -0.1) is 0 Å². The van der Waals surface area contributed by atoms with Crippen LogP contribution in [0.2, 0.25) is 0 Å². The van der Waals surface area contributed by atoms with Crippen molar-refractivity contribution in [2.24, 2.45) is 0 Å². The Morgan fingerprint density at radius 3 is 2.06 bits per heavy atom. The van der Waals surface area contributed by atoms with Crippen molar-refractivity contribution in [3.8, 4) is 11.1 Å². The van der Waals surface area contributed by atoms with Crippen LogP contribution < -0.4 is 0 Å². The summed E-state index contributed by atoms with van der Waals surface area (Å²) in [6.07, 6.45) is 0. The first-order valence-electron chi connectivity index (χ1n) is 10.9. The van der Waals surface area contributed by atoms with Crippen molar-refractivity contribution in [1.82, 2.24) is 4.40 Å². The van der Waals surface area contributed by atoms with Crippen molar-refractivity contribution < 1.29 is 0 Å². The van der Waals surface area contributed by atoms with E-state index in [1.165, 1.54) is 71.1 Å². The number of fused-ring (bicyclic) bond motifs is 7. The van der Waals surface area contributed by atoms with Crippen molar-refractivity contribution in [2.75, 3.05) is 0 Å². The third kappa shape index (κ3) is 2.16. The van der Waals surface area contributed by atoms with Crippen LogP contribution in [0.4, 0.5) is 0 Å². The summed E-state index contributed by atoms with van der Waals surface area (Å²) in [4.78, 5) is 0. The van der Waals surface area contributed by atoms with Gasteiger partial charge >= 0.3 is 0 Å². The molecular weight excluding hydrogens is 374 g/mol. The van der Waals surface area contributed by atoms with Crippen LogP contribution in [0.5, 0.6) is 0 Å². The SMILES string of the molecule is Cc1ccccc1-c1cc2cc3c(cc2cc1C)c1cccc2c4ccccc4n3c21. The Balaban J connectivity index is 1.65. The summed E-state index contributed by atoms with van der Waals surface area (Å²) in [5.41, 5.74) is 9.20. The van der Waals surface area contributed by atoms with Crippen molar-refractivity contribution in [3.63, 3.8) is 0 Å². The summed E-state index contributed by atoms with van der Waals surface area (Å²) in [7, 11) is 0. The Labute approximate surface area is 180 Å². The number of hydrogen-bond acceptors (Lipinski definition) is 0. The molecule has 0 atom stereocenters. The molecule has 0 bridgehead atoms. The fraction of sp³-hybridized carbons (Fsp3) is 0.0667. The molecule has 5 aromatic carbocycles. The van der Waals surface area contributed by atoms with E-state index in [1.807, 2.05) is 0 Å².